The van der Waals surface area contributed by atoms with Gasteiger partial charge in [0.05, 0.1) is 9.79 Å². The number of carbonyl (C=O) groups excluding carboxylic acids is 1. The highest BCUT2D eigenvalue weighted by Gasteiger charge is 2.20. The molecule has 0 unspecified atom stereocenters. The lowest BCUT2D eigenvalue weighted by atomic mass is 10.0. The van der Waals surface area contributed by atoms with Crippen molar-refractivity contribution in [2.24, 2.45) is 0 Å². The van der Waals surface area contributed by atoms with Crippen molar-refractivity contribution in [3.05, 3.63) is 48.0 Å². The van der Waals surface area contributed by atoms with Gasteiger partial charge >= 0.3 is 0 Å². The van der Waals surface area contributed by atoms with Crippen molar-refractivity contribution in [2.75, 3.05) is 17.1 Å². The second-order valence-electron chi connectivity index (χ2n) is 5.70. The summed E-state index contributed by atoms with van der Waals surface area (Å²) in [6, 6.07) is 9.87. The predicted octanol–water partition coefficient (Wildman–Crippen LogP) is 1.28. The van der Waals surface area contributed by atoms with Gasteiger partial charge in [-0.3, -0.25) is 9.52 Å². The molecule has 1 heterocycles. The SMILES string of the molecule is CNS(=O)(=O)c1ccc(NS(=O)(=O)c2ccc3c(c2)CCC(=O)N3)cc1. The predicted molar refractivity (Wildman–Crippen MR) is 96.9 cm³/mol. The number of fused-ring (bicyclic) bond motifs is 1. The van der Waals surface area contributed by atoms with Crippen molar-refractivity contribution in [1.29, 1.82) is 0 Å². The van der Waals surface area contributed by atoms with E-state index in [1.54, 1.807) is 6.07 Å². The number of sulfonamides is 2. The van der Waals surface area contributed by atoms with Gasteiger partial charge in [-0.2, -0.15) is 0 Å². The fraction of sp³-hybridized carbons (Fsp3) is 0.188. The van der Waals surface area contributed by atoms with Crippen LogP contribution in [-0.4, -0.2) is 29.8 Å². The zero-order chi connectivity index (χ0) is 18.9. The van der Waals surface area contributed by atoms with E-state index in [0.29, 0.717) is 18.5 Å². The van der Waals surface area contributed by atoms with Gasteiger partial charge < -0.3 is 5.32 Å². The molecule has 8 nitrogen and oxygen atoms in total. The molecule has 1 aliphatic heterocycles. The minimum absolute atomic E-state index is 0.0347. The first-order valence-electron chi connectivity index (χ1n) is 7.70. The molecular formula is C16H17N3O5S2. The molecule has 10 heteroatoms. The lowest BCUT2D eigenvalue weighted by molar-refractivity contribution is -0.116. The maximum absolute atomic E-state index is 12.6. The summed E-state index contributed by atoms with van der Waals surface area (Å²) < 4.78 is 53.1. The third-order valence-electron chi connectivity index (χ3n) is 3.97. The number of hydrogen-bond acceptors (Lipinski definition) is 5. The normalized spacial score (nSPS) is 14.4. The van der Waals surface area contributed by atoms with Gasteiger partial charge in [0.1, 0.15) is 0 Å². The Kier molecular flexibility index (Phi) is 4.74. The van der Waals surface area contributed by atoms with Gasteiger partial charge in [0.15, 0.2) is 0 Å². The second kappa shape index (κ2) is 6.71. The van der Waals surface area contributed by atoms with Crippen molar-refractivity contribution in [1.82, 2.24) is 4.72 Å². The Hall–Kier alpha value is -2.43. The molecule has 0 bridgehead atoms. The van der Waals surface area contributed by atoms with E-state index in [9.17, 15) is 21.6 Å². The van der Waals surface area contributed by atoms with E-state index in [-0.39, 0.29) is 21.4 Å². The van der Waals surface area contributed by atoms with Gasteiger partial charge in [-0.15, -0.1) is 0 Å². The Morgan fingerprint density at radius 1 is 0.885 bits per heavy atom. The highest BCUT2D eigenvalue weighted by Crippen LogP contribution is 2.26. The molecule has 0 aromatic heterocycles. The molecule has 1 aliphatic rings. The van der Waals surface area contributed by atoms with Crippen LogP contribution in [0, 0.1) is 0 Å². The molecule has 0 spiro atoms. The van der Waals surface area contributed by atoms with E-state index < -0.39 is 20.0 Å². The summed E-state index contributed by atoms with van der Waals surface area (Å²) in [6.07, 6.45) is 0.784. The van der Waals surface area contributed by atoms with Gasteiger partial charge in [0, 0.05) is 17.8 Å². The van der Waals surface area contributed by atoms with Gasteiger partial charge in [-0.05, 0) is 61.5 Å². The van der Waals surface area contributed by atoms with Crippen LogP contribution < -0.4 is 14.8 Å². The van der Waals surface area contributed by atoms with Crippen molar-refractivity contribution >= 4 is 37.3 Å². The number of amides is 1. The van der Waals surface area contributed by atoms with E-state index in [4.69, 9.17) is 0 Å². The Bertz CT molecular complexity index is 1060. The average molecular weight is 395 g/mol. The molecule has 0 atom stereocenters. The molecule has 138 valence electrons. The summed E-state index contributed by atoms with van der Waals surface area (Å²) >= 11 is 0. The molecule has 26 heavy (non-hydrogen) atoms. The van der Waals surface area contributed by atoms with Gasteiger partial charge in [-0.25, -0.2) is 21.6 Å². The number of anilines is 2. The zero-order valence-corrected chi connectivity index (χ0v) is 15.4. The number of nitrogens with one attached hydrogen (secondary N) is 3. The van der Waals surface area contributed by atoms with Gasteiger partial charge in [0.2, 0.25) is 15.9 Å². The molecule has 2 aromatic rings. The fourth-order valence-corrected chi connectivity index (χ4v) is 4.40. The van der Waals surface area contributed by atoms with Crippen molar-refractivity contribution in [2.45, 2.75) is 22.6 Å². The topological polar surface area (TPSA) is 121 Å². The highest BCUT2D eigenvalue weighted by atomic mass is 32.2. The van der Waals surface area contributed by atoms with E-state index >= 15 is 0 Å². The summed E-state index contributed by atoms with van der Waals surface area (Å²) in [6.45, 7) is 0. The smallest absolute Gasteiger partial charge is 0.261 e. The quantitative estimate of drug-likeness (QED) is 0.704. The Morgan fingerprint density at radius 2 is 1.54 bits per heavy atom. The number of carbonyl (C=O) groups is 1. The number of aryl methyl sites for hydroxylation is 1. The maximum Gasteiger partial charge on any atom is 0.261 e. The summed E-state index contributed by atoms with van der Waals surface area (Å²) in [5, 5.41) is 2.70. The molecule has 0 saturated heterocycles. The van der Waals surface area contributed by atoms with Gasteiger partial charge in [0.25, 0.3) is 10.0 Å². The largest absolute Gasteiger partial charge is 0.326 e. The van der Waals surface area contributed by atoms with Crippen LogP contribution in [0.15, 0.2) is 52.3 Å². The Labute approximate surface area is 151 Å². The average Bonchev–Trinajstić information content (AvgIpc) is 2.61. The van der Waals surface area contributed by atoms with Crippen LogP contribution in [0.3, 0.4) is 0 Å². The highest BCUT2D eigenvalue weighted by molar-refractivity contribution is 7.92. The van der Waals surface area contributed by atoms with Crippen molar-refractivity contribution < 1.29 is 21.6 Å². The Balaban J connectivity index is 1.84. The molecule has 3 N–H and O–H groups in total. The standard InChI is InChI=1S/C16H17N3O5S2/c1-17-25(21,22)13-5-3-12(4-6-13)19-26(23,24)14-7-8-15-11(10-14)2-9-16(20)18-15/h3-8,10,17,19H,2,9H2,1H3,(H,18,20). The summed E-state index contributed by atoms with van der Waals surface area (Å²) in [5.41, 5.74) is 1.61. The summed E-state index contributed by atoms with van der Waals surface area (Å²) in [7, 11) is -6.13. The first kappa shape index (κ1) is 18.4. The zero-order valence-electron chi connectivity index (χ0n) is 13.8. The maximum atomic E-state index is 12.6. The number of rotatable bonds is 5. The molecule has 0 aliphatic carbocycles. The molecule has 0 saturated carbocycles. The van der Waals surface area contributed by atoms with Crippen molar-refractivity contribution in [3.8, 4) is 0 Å². The number of benzene rings is 2. The molecule has 1 amide bonds. The molecule has 0 fully saturated rings. The minimum atomic E-state index is -3.84. The van der Waals surface area contributed by atoms with E-state index in [2.05, 4.69) is 14.8 Å². The second-order valence-corrected chi connectivity index (χ2v) is 9.27. The third kappa shape index (κ3) is 3.71. The molecule has 0 radical (unpaired) electrons. The van der Waals surface area contributed by atoms with Crippen LogP contribution in [0.5, 0.6) is 0 Å². The molecule has 3 rings (SSSR count). The first-order valence-corrected chi connectivity index (χ1v) is 10.7. The summed E-state index contributed by atoms with van der Waals surface area (Å²) in [5.74, 6) is -0.0946. The monoisotopic (exact) mass is 395 g/mol. The van der Waals surface area contributed by atoms with Crippen LogP contribution in [0.2, 0.25) is 0 Å². The van der Waals surface area contributed by atoms with Crippen LogP contribution in [-0.2, 0) is 31.3 Å². The van der Waals surface area contributed by atoms with Crippen molar-refractivity contribution in [3.63, 3.8) is 0 Å². The fourth-order valence-electron chi connectivity index (χ4n) is 2.56. The lowest BCUT2D eigenvalue weighted by Gasteiger charge is -2.18. The minimum Gasteiger partial charge on any atom is -0.326 e. The van der Waals surface area contributed by atoms with Gasteiger partial charge in [-0.1, -0.05) is 0 Å². The van der Waals surface area contributed by atoms with Crippen LogP contribution >= 0.6 is 0 Å². The molecular weight excluding hydrogens is 378 g/mol. The Morgan fingerprint density at radius 3 is 2.19 bits per heavy atom. The van der Waals surface area contributed by atoms with E-state index in [1.165, 1.54) is 43.4 Å². The summed E-state index contributed by atoms with van der Waals surface area (Å²) in [4.78, 5) is 11.5. The lowest BCUT2D eigenvalue weighted by Crippen LogP contribution is -2.20. The number of hydrogen-bond donors (Lipinski definition) is 3. The third-order valence-corrected chi connectivity index (χ3v) is 6.78. The van der Waals surface area contributed by atoms with Crippen LogP contribution in [0.25, 0.3) is 0 Å². The van der Waals surface area contributed by atoms with Crippen LogP contribution in [0.4, 0.5) is 11.4 Å². The van der Waals surface area contributed by atoms with E-state index in [0.717, 1.165) is 5.56 Å². The first-order chi connectivity index (χ1) is 12.2. The molecule has 2 aromatic carbocycles. The van der Waals surface area contributed by atoms with Crippen LogP contribution in [0.1, 0.15) is 12.0 Å². The van der Waals surface area contributed by atoms with E-state index in [1.807, 2.05) is 0 Å².